The van der Waals surface area contributed by atoms with Crippen LogP contribution in [0.3, 0.4) is 0 Å². The third-order valence-corrected chi connectivity index (χ3v) is 11.7. The Morgan fingerprint density at radius 2 is 1.13 bits per heavy atom. The largest absolute Gasteiger partial charge is 1.00 e. The summed E-state index contributed by atoms with van der Waals surface area (Å²) in [7, 11) is -1.00. The molecule has 352 valence electrons. The van der Waals surface area contributed by atoms with E-state index in [0.29, 0.717) is 64.3 Å². The Balaban J connectivity index is 0.000000205. The van der Waals surface area contributed by atoms with E-state index in [4.69, 9.17) is 22.7 Å². The van der Waals surface area contributed by atoms with E-state index in [1.54, 1.807) is 60.0 Å². The maximum Gasteiger partial charge on any atom is 1.00 e. The molecule has 0 unspecified atom stereocenters. The Hall–Kier alpha value is -7.59. The van der Waals surface area contributed by atoms with Crippen LogP contribution in [0, 0.1) is 23.2 Å². The molecule has 0 N–H and O–H groups in total. The molecule has 0 aliphatic carbocycles. The van der Waals surface area contributed by atoms with Gasteiger partial charge >= 0.3 is 17.1 Å². The summed E-state index contributed by atoms with van der Waals surface area (Å²) in [6.45, 7) is 9.73. The molecule has 8 aromatic rings. The Morgan fingerprint density at radius 3 is 1.60 bits per heavy atom. The Bertz CT molecular complexity index is 3020. The van der Waals surface area contributed by atoms with Gasteiger partial charge in [-0.15, -0.1) is 0 Å². The standard InChI is InChI=1S/C22H20N8O2.C21H20BrN7O2.CH3F.CN.Cu/c1-15-6-7-17(32-21-20-25-13-16(12-23)28(20)11-10-24-21)14-29(15)22(31)18-4-2-3-5-19(18)30-26-8-9-27-30;1-14-6-7-15(31-20-19-24-12-18(22)27(19)11-10-23-20)13-28(14)21(30)16-4-2-3-5-17(16)29-25-8-9-26-29;2*1-2;/h2-5,8-11,13,15,17H,6-7,14H2,1H3;2-5,8-12,14-15H,6-7,13H2,1H3;1H3;;/q;;;-1;+1/t15-,17-;14-,15-;;;/m11.../s1/i;;1D;;. The summed E-state index contributed by atoms with van der Waals surface area (Å²) in [6.07, 6.45) is 19.1. The van der Waals surface area contributed by atoms with Crippen molar-refractivity contribution < 1.29 is 41.9 Å². The molecule has 0 radical (unpaired) electrons. The molecule has 2 fully saturated rings. The van der Waals surface area contributed by atoms with Crippen molar-refractivity contribution in [2.45, 2.75) is 63.8 Å². The Labute approximate surface area is 410 Å². The van der Waals surface area contributed by atoms with Gasteiger partial charge in [0.25, 0.3) is 23.6 Å². The molecule has 2 aromatic carbocycles. The van der Waals surface area contributed by atoms with Gasteiger partial charge < -0.3 is 31.1 Å². The van der Waals surface area contributed by atoms with E-state index in [1.165, 1.54) is 15.8 Å². The van der Waals surface area contributed by atoms with E-state index in [9.17, 15) is 19.2 Å². The first-order chi connectivity index (χ1) is 33.2. The molecule has 2 amide bonds. The van der Waals surface area contributed by atoms with Crippen LogP contribution in [0.5, 0.6) is 11.8 Å². The third-order valence-electron chi connectivity index (χ3n) is 11.2. The van der Waals surface area contributed by atoms with Crippen molar-refractivity contribution >= 4 is 39.0 Å². The number of ether oxygens (including phenoxy) is 2. The zero-order chi connectivity index (χ0) is 48.2. The minimum absolute atomic E-state index is 0. The number of para-hydroxylation sites is 2. The fourth-order valence-electron chi connectivity index (χ4n) is 7.88. The second-order valence-electron chi connectivity index (χ2n) is 15.1. The second-order valence-corrected chi connectivity index (χ2v) is 15.9. The number of aromatic nitrogens is 12. The number of carbonyl (C=O) groups is 2. The van der Waals surface area contributed by atoms with Crippen LogP contribution in [0.25, 0.3) is 22.7 Å². The van der Waals surface area contributed by atoms with E-state index >= 15 is 0 Å². The first kappa shape index (κ1) is 48.3. The van der Waals surface area contributed by atoms with Crippen LogP contribution in [0.1, 0.15) is 67.3 Å². The van der Waals surface area contributed by atoms with E-state index in [0.717, 1.165) is 30.3 Å². The van der Waals surface area contributed by atoms with Crippen LogP contribution in [0.2, 0.25) is 0 Å². The number of amides is 2. The average molecular weight is 1040 g/mol. The Morgan fingerprint density at radius 1 is 0.706 bits per heavy atom. The smallest absolute Gasteiger partial charge is 0.512 e. The van der Waals surface area contributed by atoms with E-state index in [1.807, 2.05) is 69.8 Å². The van der Waals surface area contributed by atoms with Crippen LogP contribution >= 0.6 is 15.9 Å². The molecule has 2 saturated heterocycles. The molecule has 2 aliphatic rings. The molecule has 0 saturated carbocycles. The number of fused-ring (bicyclic) bond motifs is 2. The molecule has 8 heterocycles. The van der Waals surface area contributed by atoms with Gasteiger partial charge in [0.2, 0.25) is 11.3 Å². The molecular formula is C45H43BrCuFN16O4. The number of nitriles is 1. The molecule has 0 bridgehead atoms. The van der Waals surface area contributed by atoms with Crippen molar-refractivity contribution in [1.82, 2.24) is 68.5 Å². The number of piperidine rings is 2. The number of benzene rings is 2. The molecule has 4 atom stereocenters. The summed E-state index contributed by atoms with van der Waals surface area (Å²) in [5.41, 5.74) is 3.90. The molecule has 23 heteroatoms. The number of rotatable bonds is 8. The van der Waals surface area contributed by atoms with Gasteiger partial charge in [0.05, 0.1) is 81.3 Å². The zero-order valence-electron chi connectivity index (χ0n) is 37.5. The summed E-state index contributed by atoms with van der Waals surface area (Å²) in [5.74, 6) is 0.643. The SMILES string of the molecule is C[C@@H]1CC[C@@H](Oc2nccn3c(Br)cnc23)CN1C(=O)c1ccccc1-n1nccn1.C[C@@H]1CC[C@@H](Oc2nccn3c(C#N)cnc23)CN1C(=O)c1ccccc1-n1nccn1.[2H]CF.[C-]#N.[Cu+]. The van der Waals surface area contributed by atoms with Crippen molar-refractivity contribution in [3.63, 3.8) is 0 Å². The van der Waals surface area contributed by atoms with E-state index < -0.39 is 7.15 Å². The summed E-state index contributed by atoms with van der Waals surface area (Å²) < 4.78 is 32.2. The maximum absolute atomic E-state index is 13.5. The monoisotopic (exact) mass is 1030 g/mol. The zero-order valence-corrected chi connectivity index (χ0v) is 39.0. The number of alkyl halides is 1. The quantitative estimate of drug-likeness (QED) is 0.124. The number of likely N-dealkylation sites (tertiary alicyclic amines) is 2. The van der Waals surface area contributed by atoms with Crippen LogP contribution in [0.15, 0.2) is 115 Å². The normalized spacial score (nSPS) is 17.6. The van der Waals surface area contributed by atoms with Gasteiger partial charge in [-0.3, -0.25) is 22.8 Å². The topological polar surface area (TPSA) is 228 Å². The van der Waals surface area contributed by atoms with Gasteiger partial charge in [-0.1, -0.05) is 24.3 Å². The minimum Gasteiger partial charge on any atom is -0.512 e. The van der Waals surface area contributed by atoms with Crippen LogP contribution < -0.4 is 9.47 Å². The third kappa shape index (κ3) is 10.7. The van der Waals surface area contributed by atoms with Gasteiger partial charge in [-0.25, -0.2) is 19.9 Å². The van der Waals surface area contributed by atoms with Crippen molar-refractivity contribution in [3.05, 3.63) is 138 Å². The summed E-state index contributed by atoms with van der Waals surface area (Å²) in [5, 5.41) is 32.2. The molecule has 6 aromatic heterocycles. The predicted molar refractivity (Wildman–Crippen MR) is 241 cm³/mol. The van der Waals surface area contributed by atoms with E-state index in [-0.39, 0.29) is 53.2 Å². The molecule has 10 rings (SSSR count). The fourth-order valence-corrected chi connectivity index (χ4v) is 8.27. The first-order valence-electron chi connectivity index (χ1n) is 21.5. The van der Waals surface area contributed by atoms with Crippen molar-refractivity contribution in [3.8, 4) is 29.2 Å². The fraction of sp³-hybridized carbons (Fsp3) is 0.289. The first-order valence-corrected chi connectivity index (χ1v) is 21.6. The number of hydrogen-bond donors (Lipinski definition) is 0. The predicted octanol–water partition coefficient (Wildman–Crippen LogP) is 6.08. The van der Waals surface area contributed by atoms with Crippen molar-refractivity contribution in [2.75, 3.05) is 20.2 Å². The van der Waals surface area contributed by atoms with Gasteiger partial charge in [0.1, 0.15) is 28.6 Å². The molecule has 20 nitrogen and oxygen atoms in total. The maximum atomic E-state index is 13.5. The van der Waals surface area contributed by atoms with Gasteiger partial charge in [0, 0.05) is 36.9 Å². The van der Waals surface area contributed by atoms with Gasteiger partial charge in [-0.05, 0) is 79.7 Å². The number of nitrogens with zero attached hydrogens (tertiary/aromatic N) is 16. The molecule has 68 heavy (non-hydrogen) atoms. The number of halogens is 2. The summed E-state index contributed by atoms with van der Waals surface area (Å²) >= 11 is 3.46. The Kier molecular flexibility index (Phi) is 16.5. The van der Waals surface area contributed by atoms with E-state index in [2.05, 4.69) is 69.3 Å². The second kappa shape index (κ2) is 23.2. The summed E-state index contributed by atoms with van der Waals surface area (Å²) in [6, 6.07) is 16.9. The number of hydrogen-bond acceptors (Lipinski definition) is 14. The number of imidazole rings is 2. The molecular weight excluding hydrogens is 991 g/mol. The van der Waals surface area contributed by atoms with Crippen molar-refractivity contribution in [2.24, 2.45) is 0 Å². The molecule has 0 spiro atoms. The average Bonchev–Trinajstić information content (AvgIpc) is 4.23. The van der Waals surface area contributed by atoms with Crippen LogP contribution in [-0.4, -0.2) is 125 Å². The van der Waals surface area contributed by atoms with Gasteiger partial charge in [0.15, 0.2) is 0 Å². The minimum atomic E-state index is -1.00. The van der Waals surface area contributed by atoms with Crippen LogP contribution in [0.4, 0.5) is 4.39 Å². The molecule has 2 aliphatic heterocycles. The van der Waals surface area contributed by atoms with Gasteiger partial charge in [-0.2, -0.15) is 35.2 Å². The number of carbonyl (C=O) groups excluding carboxylic acids is 2. The van der Waals surface area contributed by atoms with Crippen molar-refractivity contribution in [1.29, 1.82) is 10.5 Å². The van der Waals surface area contributed by atoms with Crippen LogP contribution in [-0.2, 0) is 17.1 Å². The summed E-state index contributed by atoms with van der Waals surface area (Å²) in [4.78, 5) is 50.9.